The molecule has 162 valence electrons. The molecule has 0 aliphatic rings. The second-order valence-corrected chi connectivity index (χ2v) is 7.47. The van der Waals surface area contributed by atoms with Crippen molar-refractivity contribution in [3.05, 3.63) is 58.7 Å². The summed E-state index contributed by atoms with van der Waals surface area (Å²) in [6.07, 6.45) is 8.46. The molecule has 0 aliphatic heterocycles. The molecule has 0 aliphatic carbocycles. The van der Waals surface area contributed by atoms with Crippen molar-refractivity contribution in [2.75, 3.05) is 6.61 Å². The van der Waals surface area contributed by atoms with Crippen LogP contribution in [0.3, 0.4) is 0 Å². The van der Waals surface area contributed by atoms with Gasteiger partial charge in [-0.15, -0.1) is 0 Å². The number of aryl methyl sites for hydroxylation is 1. The monoisotopic (exact) mass is 412 g/mol. The van der Waals surface area contributed by atoms with Gasteiger partial charge in [-0.2, -0.15) is 0 Å². The third kappa shape index (κ3) is 6.34. The van der Waals surface area contributed by atoms with E-state index >= 15 is 0 Å². The Balaban J connectivity index is 2.24. The van der Waals surface area contributed by atoms with Crippen LogP contribution in [0.5, 0.6) is 11.5 Å². The number of hydrogen-bond donors (Lipinski definition) is 2. The van der Waals surface area contributed by atoms with Crippen molar-refractivity contribution in [1.82, 2.24) is 0 Å². The number of benzene rings is 2. The minimum absolute atomic E-state index is 0.0175. The van der Waals surface area contributed by atoms with Crippen molar-refractivity contribution in [1.29, 1.82) is 0 Å². The average molecular weight is 413 g/mol. The predicted molar refractivity (Wildman–Crippen MR) is 117 cm³/mol. The highest BCUT2D eigenvalue weighted by Gasteiger charge is 2.21. The predicted octanol–water partition coefficient (Wildman–Crippen LogP) is 5.80. The minimum atomic E-state index is -0.664. The number of unbranched alkanes of at least 4 members (excludes halogenated alkanes) is 6. The molecule has 0 bridgehead atoms. The maximum Gasteiger partial charge on any atom is 0.341 e. The van der Waals surface area contributed by atoms with Crippen LogP contribution in [0.25, 0.3) is 0 Å². The largest absolute Gasteiger partial charge is 0.507 e. The SMILES string of the molecule is CCCCCCCCCc1cc(C(=O)c2ccccc2O)cc(C(=O)OCC)c1O. The topological polar surface area (TPSA) is 83.8 Å². The smallest absolute Gasteiger partial charge is 0.341 e. The lowest BCUT2D eigenvalue weighted by molar-refractivity contribution is 0.0523. The maximum atomic E-state index is 12.9. The van der Waals surface area contributed by atoms with E-state index in [9.17, 15) is 19.8 Å². The van der Waals surface area contributed by atoms with Gasteiger partial charge in [0.15, 0.2) is 5.78 Å². The van der Waals surface area contributed by atoms with E-state index in [1.54, 1.807) is 25.1 Å². The Hall–Kier alpha value is -2.82. The lowest BCUT2D eigenvalue weighted by atomic mass is 9.94. The Labute approximate surface area is 178 Å². The third-order valence-electron chi connectivity index (χ3n) is 5.14. The molecule has 2 aromatic carbocycles. The number of ketones is 1. The second kappa shape index (κ2) is 12.0. The van der Waals surface area contributed by atoms with Crippen LogP contribution < -0.4 is 0 Å². The number of phenolic OH excluding ortho intramolecular Hbond substituents is 2. The van der Waals surface area contributed by atoms with E-state index in [2.05, 4.69) is 6.92 Å². The molecule has 0 heterocycles. The third-order valence-corrected chi connectivity index (χ3v) is 5.14. The van der Waals surface area contributed by atoms with Gasteiger partial charge in [-0.25, -0.2) is 4.79 Å². The van der Waals surface area contributed by atoms with Gasteiger partial charge < -0.3 is 14.9 Å². The first-order valence-corrected chi connectivity index (χ1v) is 10.8. The fourth-order valence-electron chi connectivity index (χ4n) is 3.47. The van der Waals surface area contributed by atoms with Gasteiger partial charge in [-0.1, -0.05) is 57.6 Å². The van der Waals surface area contributed by atoms with Gasteiger partial charge in [0.1, 0.15) is 17.1 Å². The van der Waals surface area contributed by atoms with E-state index in [0.29, 0.717) is 12.0 Å². The molecular weight excluding hydrogens is 380 g/mol. The van der Waals surface area contributed by atoms with Crippen molar-refractivity contribution in [3.63, 3.8) is 0 Å². The van der Waals surface area contributed by atoms with Gasteiger partial charge in [0.25, 0.3) is 0 Å². The van der Waals surface area contributed by atoms with Crippen LogP contribution in [0.15, 0.2) is 36.4 Å². The number of ether oxygens (including phenoxy) is 1. The van der Waals surface area contributed by atoms with Crippen LogP contribution in [-0.4, -0.2) is 28.6 Å². The first kappa shape index (κ1) is 23.5. The standard InChI is InChI=1S/C25H32O5/c1-3-5-6-7-8-9-10-13-18-16-19(17-21(23(18)27)25(29)30-4-2)24(28)20-14-11-12-15-22(20)26/h11-12,14-17,26-27H,3-10,13H2,1-2H3. The van der Waals surface area contributed by atoms with Crippen molar-refractivity contribution in [3.8, 4) is 11.5 Å². The van der Waals surface area contributed by atoms with E-state index < -0.39 is 11.8 Å². The Kier molecular flexibility index (Phi) is 9.39. The summed E-state index contributed by atoms with van der Waals surface area (Å²) >= 11 is 0. The molecule has 0 atom stereocenters. The second-order valence-electron chi connectivity index (χ2n) is 7.47. The van der Waals surface area contributed by atoms with Gasteiger partial charge >= 0.3 is 5.97 Å². The summed E-state index contributed by atoms with van der Waals surface area (Å²) in [5.41, 5.74) is 0.930. The van der Waals surface area contributed by atoms with Gasteiger partial charge in [0.05, 0.1) is 12.2 Å². The Bertz CT molecular complexity index is 857. The number of hydrogen-bond acceptors (Lipinski definition) is 5. The zero-order chi connectivity index (χ0) is 21.9. The Morgan fingerprint density at radius 2 is 1.53 bits per heavy atom. The molecule has 0 radical (unpaired) electrons. The van der Waals surface area contributed by atoms with E-state index in [4.69, 9.17) is 4.74 Å². The van der Waals surface area contributed by atoms with Gasteiger partial charge in [0, 0.05) is 5.56 Å². The molecule has 0 unspecified atom stereocenters. The summed E-state index contributed by atoms with van der Waals surface area (Å²) < 4.78 is 5.05. The molecule has 0 saturated carbocycles. The summed E-state index contributed by atoms with van der Waals surface area (Å²) in [5, 5.41) is 20.7. The quantitative estimate of drug-likeness (QED) is 0.261. The van der Waals surface area contributed by atoms with Gasteiger partial charge in [0.2, 0.25) is 0 Å². The van der Waals surface area contributed by atoms with E-state index in [-0.39, 0.29) is 34.8 Å². The number of esters is 1. The average Bonchev–Trinajstić information content (AvgIpc) is 2.74. The summed E-state index contributed by atoms with van der Waals surface area (Å²) in [7, 11) is 0. The van der Waals surface area contributed by atoms with Crippen LogP contribution in [0.2, 0.25) is 0 Å². The molecule has 0 fully saturated rings. The molecule has 5 heteroatoms. The number of para-hydroxylation sites is 1. The van der Waals surface area contributed by atoms with Crippen LogP contribution in [0.4, 0.5) is 0 Å². The van der Waals surface area contributed by atoms with Crippen LogP contribution in [0.1, 0.15) is 90.6 Å². The molecule has 2 rings (SSSR count). The van der Waals surface area contributed by atoms with Gasteiger partial charge in [-0.3, -0.25) is 4.79 Å². The first-order valence-electron chi connectivity index (χ1n) is 10.8. The van der Waals surface area contributed by atoms with E-state index in [1.165, 1.54) is 43.9 Å². The fraction of sp³-hybridized carbons (Fsp3) is 0.440. The van der Waals surface area contributed by atoms with Crippen molar-refractivity contribution in [2.45, 2.75) is 65.2 Å². The number of aromatic hydroxyl groups is 2. The Morgan fingerprint density at radius 3 is 2.20 bits per heavy atom. The molecular formula is C25H32O5. The summed E-state index contributed by atoms with van der Waals surface area (Å²) in [5.74, 6) is -1.32. The molecule has 30 heavy (non-hydrogen) atoms. The lowest BCUT2D eigenvalue weighted by Gasteiger charge is -2.13. The lowest BCUT2D eigenvalue weighted by Crippen LogP contribution is -2.10. The summed E-state index contributed by atoms with van der Waals surface area (Å²) in [6, 6.07) is 9.24. The van der Waals surface area contributed by atoms with Crippen molar-refractivity contribution >= 4 is 11.8 Å². The van der Waals surface area contributed by atoms with Crippen LogP contribution >= 0.6 is 0 Å². The van der Waals surface area contributed by atoms with E-state index in [1.807, 2.05) is 0 Å². The minimum Gasteiger partial charge on any atom is -0.507 e. The molecule has 5 nitrogen and oxygen atoms in total. The zero-order valence-electron chi connectivity index (χ0n) is 17.9. The highest BCUT2D eigenvalue weighted by Crippen LogP contribution is 2.30. The molecule has 0 aromatic heterocycles. The normalized spacial score (nSPS) is 10.7. The maximum absolute atomic E-state index is 12.9. The number of carbonyl (C=O) groups is 2. The summed E-state index contributed by atoms with van der Waals surface area (Å²) in [4.78, 5) is 25.3. The zero-order valence-corrected chi connectivity index (χ0v) is 17.9. The van der Waals surface area contributed by atoms with Gasteiger partial charge in [-0.05, 0) is 49.6 Å². The number of rotatable bonds is 12. The van der Waals surface area contributed by atoms with Crippen LogP contribution in [0, 0.1) is 0 Å². The molecule has 0 spiro atoms. The van der Waals surface area contributed by atoms with Crippen LogP contribution in [-0.2, 0) is 11.2 Å². The number of carbonyl (C=O) groups excluding carboxylic acids is 2. The van der Waals surface area contributed by atoms with E-state index in [0.717, 1.165) is 19.3 Å². The molecule has 2 N–H and O–H groups in total. The molecule has 2 aromatic rings. The number of phenols is 2. The first-order chi connectivity index (χ1) is 14.5. The highest BCUT2D eigenvalue weighted by atomic mass is 16.5. The van der Waals surface area contributed by atoms with Crippen molar-refractivity contribution in [2.24, 2.45) is 0 Å². The fourth-order valence-corrected chi connectivity index (χ4v) is 3.47. The molecule has 0 amide bonds. The summed E-state index contributed by atoms with van der Waals surface area (Å²) in [6.45, 7) is 4.04. The Morgan fingerprint density at radius 1 is 0.867 bits per heavy atom. The van der Waals surface area contributed by atoms with Crippen molar-refractivity contribution < 1.29 is 24.5 Å². The highest BCUT2D eigenvalue weighted by molar-refractivity contribution is 6.12. The molecule has 0 saturated heterocycles.